The van der Waals surface area contributed by atoms with Crippen LogP contribution in [0.5, 0.6) is 0 Å². The summed E-state index contributed by atoms with van der Waals surface area (Å²) in [5.41, 5.74) is 1.78. The number of aromatic nitrogens is 2. The summed E-state index contributed by atoms with van der Waals surface area (Å²) in [6.45, 7) is 14.1. The fourth-order valence-corrected chi connectivity index (χ4v) is 7.32. The summed E-state index contributed by atoms with van der Waals surface area (Å²) >= 11 is 0. The zero-order chi connectivity index (χ0) is 31.0. The van der Waals surface area contributed by atoms with Gasteiger partial charge < -0.3 is 19.0 Å². The van der Waals surface area contributed by atoms with Gasteiger partial charge in [-0.3, -0.25) is 4.90 Å². The summed E-state index contributed by atoms with van der Waals surface area (Å²) in [4.78, 5) is 23.8. The molecule has 3 aromatic carbocycles. The highest BCUT2D eigenvalue weighted by Crippen LogP contribution is 2.46. The summed E-state index contributed by atoms with van der Waals surface area (Å²) in [5, 5.41) is 4.71. The lowest BCUT2D eigenvalue weighted by molar-refractivity contribution is 0.00578. The van der Waals surface area contributed by atoms with Crippen LogP contribution < -0.4 is 5.46 Å². The molecule has 3 fully saturated rings. The molecule has 4 aromatic rings. The van der Waals surface area contributed by atoms with E-state index in [0.29, 0.717) is 5.92 Å². The average molecular weight is 594 g/mol. The summed E-state index contributed by atoms with van der Waals surface area (Å²) in [6, 6.07) is 17.5. The fraction of sp³-hybridized carbons (Fsp3) is 0.500. The molecule has 2 aliphatic heterocycles. The Labute approximate surface area is 260 Å². The van der Waals surface area contributed by atoms with Crippen LogP contribution in [0.2, 0.25) is 0 Å². The van der Waals surface area contributed by atoms with Crippen LogP contribution in [0.1, 0.15) is 92.4 Å². The summed E-state index contributed by atoms with van der Waals surface area (Å²) in [5.74, 6) is 1.34. The minimum atomic E-state index is -0.536. The van der Waals surface area contributed by atoms with E-state index < -0.39 is 5.60 Å². The van der Waals surface area contributed by atoms with E-state index >= 15 is 0 Å². The number of rotatable bonds is 3. The van der Waals surface area contributed by atoms with Crippen molar-refractivity contribution < 1.29 is 18.8 Å². The van der Waals surface area contributed by atoms with E-state index in [1.54, 1.807) is 0 Å². The Morgan fingerprint density at radius 3 is 2.32 bits per heavy atom. The summed E-state index contributed by atoms with van der Waals surface area (Å²) in [6.07, 6.45) is 7.18. The first-order chi connectivity index (χ1) is 20.8. The van der Waals surface area contributed by atoms with Gasteiger partial charge in [-0.25, -0.2) is 9.78 Å². The highest BCUT2D eigenvalue weighted by Gasteiger charge is 2.52. The van der Waals surface area contributed by atoms with Crippen molar-refractivity contribution in [3.05, 3.63) is 60.6 Å². The number of carbonyl (C=O) groups excluding carboxylic acids is 1. The molecule has 230 valence electrons. The van der Waals surface area contributed by atoms with Crippen molar-refractivity contribution in [1.82, 2.24) is 14.9 Å². The van der Waals surface area contributed by atoms with E-state index in [-0.39, 0.29) is 36.5 Å². The van der Waals surface area contributed by atoms with Crippen LogP contribution in [0, 0.1) is 5.92 Å². The first kappa shape index (κ1) is 29.4. The molecule has 3 aliphatic rings. The van der Waals surface area contributed by atoms with Gasteiger partial charge >= 0.3 is 13.2 Å². The van der Waals surface area contributed by atoms with E-state index in [0.717, 1.165) is 59.0 Å². The van der Waals surface area contributed by atoms with Gasteiger partial charge in [-0.05, 0) is 107 Å². The number of likely N-dealkylation sites (tertiary alicyclic amines) is 1. The van der Waals surface area contributed by atoms with Crippen molar-refractivity contribution in [2.45, 2.75) is 109 Å². The third kappa shape index (κ3) is 5.10. The highest BCUT2D eigenvalue weighted by atomic mass is 16.7. The lowest BCUT2D eigenvalue weighted by atomic mass is 9.78. The number of nitrogens with one attached hydrogen (secondary N) is 1. The maximum absolute atomic E-state index is 13.4. The van der Waals surface area contributed by atoms with Gasteiger partial charge in [0.2, 0.25) is 0 Å². The second-order valence-corrected chi connectivity index (χ2v) is 15.0. The molecule has 7 rings (SSSR count). The lowest BCUT2D eigenvalue weighted by Gasteiger charge is -2.34. The minimum absolute atomic E-state index is 0.103. The lowest BCUT2D eigenvalue weighted by Crippen LogP contribution is -2.43. The molecule has 3 atom stereocenters. The molecule has 1 saturated carbocycles. The van der Waals surface area contributed by atoms with Gasteiger partial charge in [0.25, 0.3) is 0 Å². The van der Waals surface area contributed by atoms with Crippen LogP contribution >= 0.6 is 0 Å². The van der Waals surface area contributed by atoms with Crippen LogP contribution in [0.4, 0.5) is 4.79 Å². The zero-order valence-electron chi connectivity index (χ0n) is 27.1. The molecule has 1 N–H and O–H groups in total. The number of hydrogen-bond donors (Lipinski definition) is 1. The second-order valence-electron chi connectivity index (χ2n) is 15.0. The zero-order valence-corrected chi connectivity index (χ0v) is 27.1. The Kier molecular flexibility index (Phi) is 6.90. The summed E-state index contributed by atoms with van der Waals surface area (Å²) in [7, 11) is -0.382. The van der Waals surface area contributed by atoms with Crippen LogP contribution in [0.25, 0.3) is 32.8 Å². The standard InChI is InChI=1S/C36H44BN3O4/c1-34(2,3)42-33(41)40-30-11-9-8-10-25(30)20-31(40)32-38-21-29(39-32)24-14-16-27-22(18-24)12-13-23-19-26(15-17-28(23)27)37-43-35(4,5)36(6,7)44-37/h12-19,21,25,30-31H,8-11,20H2,1-7H3,(H,38,39)/t25-,30-,31?/m0/s1. The number of imidazole rings is 1. The number of nitrogens with zero attached hydrogens (tertiary/aromatic N) is 2. The number of aromatic amines is 1. The molecular weight excluding hydrogens is 549 g/mol. The molecule has 1 unspecified atom stereocenters. The van der Waals surface area contributed by atoms with Gasteiger partial charge in [0.15, 0.2) is 0 Å². The molecule has 44 heavy (non-hydrogen) atoms. The molecule has 0 bridgehead atoms. The highest BCUT2D eigenvalue weighted by molar-refractivity contribution is 6.62. The average Bonchev–Trinajstić information content (AvgIpc) is 3.65. The smallest absolute Gasteiger partial charge is 0.444 e. The van der Waals surface area contributed by atoms with E-state index in [1.165, 1.54) is 17.2 Å². The van der Waals surface area contributed by atoms with E-state index in [1.807, 2.05) is 31.9 Å². The molecule has 2 saturated heterocycles. The Morgan fingerprint density at radius 2 is 1.61 bits per heavy atom. The molecule has 1 aliphatic carbocycles. The van der Waals surface area contributed by atoms with E-state index in [2.05, 4.69) is 81.2 Å². The van der Waals surface area contributed by atoms with Gasteiger partial charge in [-0.2, -0.15) is 0 Å². The maximum atomic E-state index is 13.4. The Morgan fingerprint density at radius 1 is 0.955 bits per heavy atom. The van der Waals surface area contributed by atoms with Crippen molar-refractivity contribution in [3.63, 3.8) is 0 Å². The van der Waals surface area contributed by atoms with Crippen molar-refractivity contribution in [1.29, 1.82) is 0 Å². The van der Waals surface area contributed by atoms with Gasteiger partial charge in [0.1, 0.15) is 11.4 Å². The second kappa shape index (κ2) is 10.3. The third-order valence-corrected chi connectivity index (χ3v) is 10.3. The number of hydrogen-bond acceptors (Lipinski definition) is 5. The first-order valence-corrected chi connectivity index (χ1v) is 16.2. The van der Waals surface area contributed by atoms with Gasteiger partial charge in [-0.1, -0.05) is 55.3 Å². The van der Waals surface area contributed by atoms with Gasteiger partial charge in [0, 0.05) is 11.6 Å². The predicted octanol–water partition coefficient (Wildman–Crippen LogP) is 7.92. The molecule has 1 aromatic heterocycles. The first-order valence-electron chi connectivity index (χ1n) is 16.2. The SMILES string of the molecule is CC(C)(C)OC(=O)N1C(c2ncc(-c3ccc4c(ccc5cc(B6OC(C)(C)C(C)(C)O6)ccc54)c3)[nH]2)C[C@@H]2CCCC[C@@H]21. The molecular formula is C36H44BN3O4. The topological polar surface area (TPSA) is 76.7 Å². The number of amides is 1. The quantitative estimate of drug-likeness (QED) is 0.193. The number of carbonyl (C=O) groups is 1. The Hall–Kier alpha value is -3.36. The Balaban J connectivity index is 1.16. The number of ether oxygens (including phenoxy) is 1. The van der Waals surface area contributed by atoms with Crippen LogP contribution in [0.15, 0.2) is 54.7 Å². The molecule has 0 spiro atoms. The van der Waals surface area contributed by atoms with Gasteiger partial charge in [0.05, 0.1) is 29.1 Å². The largest absolute Gasteiger partial charge is 0.494 e. The normalized spacial score (nSPS) is 24.7. The van der Waals surface area contributed by atoms with Crippen molar-refractivity contribution in [3.8, 4) is 11.3 Å². The van der Waals surface area contributed by atoms with Crippen LogP contribution in [-0.4, -0.2) is 50.9 Å². The molecule has 0 radical (unpaired) electrons. The van der Waals surface area contributed by atoms with Crippen LogP contribution in [-0.2, 0) is 14.0 Å². The van der Waals surface area contributed by atoms with Crippen molar-refractivity contribution >= 4 is 40.2 Å². The maximum Gasteiger partial charge on any atom is 0.494 e. The predicted molar refractivity (Wildman–Crippen MR) is 176 cm³/mol. The number of H-pyrrole nitrogens is 1. The molecule has 8 heteroatoms. The third-order valence-electron chi connectivity index (χ3n) is 10.3. The molecule has 3 heterocycles. The Bertz CT molecular complexity index is 1720. The number of fused-ring (bicyclic) bond motifs is 4. The fourth-order valence-electron chi connectivity index (χ4n) is 7.32. The van der Waals surface area contributed by atoms with Crippen molar-refractivity contribution in [2.24, 2.45) is 5.92 Å². The van der Waals surface area contributed by atoms with Gasteiger partial charge in [-0.15, -0.1) is 0 Å². The van der Waals surface area contributed by atoms with Crippen LogP contribution in [0.3, 0.4) is 0 Å². The number of benzene rings is 3. The van der Waals surface area contributed by atoms with E-state index in [4.69, 9.17) is 19.0 Å². The van der Waals surface area contributed by atoms with E-state index in [9.17, 15) is 4.79 Å². The molecule has 1 amide bonds. The summed E-state index contributed by atoms with van der Waals surface area (Å²) < 4.78 is 18.5. The van der Waals surface area contributed by atoms with Crippen molar-refractivity contribution in [2.75, 3.05) is 0 Å². The minimum Gasteiger partial charge on any atom is -0.444 e. The monoisotopic (exact) mass is 593 g/mol. The molecule has 7 nitrogen and oxygen atoms in total.